The maximum absolute atomic E-state index is 12.0. The molecular formula is C13H16N2O3S. The highest BCUT2D eigenvalue weighted by Gasteiger charge is 2.28. The van der Waals surface area contributed by atoms with E-state index in [0.717, 1.165) is 16.6 Å². The van der Waals surface area contributed by atoms with Crippen molar-refractivity contribution in [2.24, 2.45) is 5.92 Å². The van der Waals surface area contributed by atoms with E-state index in [1.54, 1.807) is 4.57 Å². The fourth-order valence-electron chi connectivity index (χ4n) is 2.72. The number of H-pyrrole nitrogens is 1. The number of nitrogens with zero attached hydrogens (tertiary/aromatic N) is 1. The standard InChI is InChI=1S/C13H16N2O3S/c1-9-2-3-11-12(6-9)15(13(16)14-11)7-10-4-5-19(17,18)8-10/h2-3,6,10H,4-5,7-8H2,1H3,(H,14,16). The van der Waals surface area contributed by atoms with Gasteiger partial charge in [-0.1, -0.05) is 6.07 Å². The normalized spacial score (nSPS) is 22.1. The van der Waals surface area contributed by atoms with Crippen molar-refractivity contribution in [3.8, 4) is 0 Å². The number of imidazole rings is 1. The van der Waals surface area contributed by atoms with Crippen LogP contribution in [0.25, 0.3) is 11.0 Å². The number of aromatic amines is 1. The fraction of sp³-hybridized carbons (Fsp3) is 0.462. The molecule has 1 N–H and O–H groups in total. The molecule has 1 atom stereocenters. The summed E-state index contributed by atoms with van der Waals surface area (Å²) in [5, 5.41) is 0. The second-order valence-electron chi connectivity index (χ2n) is 5.33. The highest BCUT2D eigenvalue weighted by atomic mass is 32.2. The predicted molar refractivity (Wildman–Crippen MR) is 74.1 cm³/mol. The molecule has 0 amide bonds. The summed E-state index contributed by atoms with van der Waals surface area (Å²) in [6.45, 7) is 2.45. The minimum Gasteiger partial charge on any atom is -0.306 e. The van der Waals surface area contributed by atoms with Crippen molar-refractivity contribution >= 4 is 20.9 Å². The van der Waals surface area contributed by atoms with Crippen LogP contribution in [-0.4, -0.2) is 29.5 Å². The largest absolute Gasteiger partial charge is 0.326 e. The quantitative estimate of drug-likeness (QED) is 0.894. The van der Waals surface area contributed by atoms with Gasteiger partial charge in [-0.15, -0.1) is 0 Å². The minimum absolute atomic E-state index is 0.0437. The second-order valence-corrected chi connectivity index (χ2v) is 7.56. The molecule has 5 nitrogen and oxygen atoms in total. The molecule has 1 aromatic carbocycles. The van der Waals surface area contributed by atoms with E-state index in [1.807, 2.05) is 25.1 Å². The number of aromatic nitrogens is 2. The van der Waals surface area contributed by atoms with Gasteiger partial charge in [0.1, 0.15) is 0 Å². The average Bonchev–Trinajstić information content (AvgIpc) is 2.81. The molecular weight excluding hydrogens is 264 g/mol. The number of fused-ring (bicyclic) bond motifs is 1. The maximum atomic E-state index is 12.0. The maximum Gasteiger partial charge on any atom is 0.326 e. The molecule has 2 heterocycles. The van der Waals surface area contributed by atoms with E-state index in [-0.39, 0.29) is 23.1 Å². The zero-order chi connectivity index (χ0) is 13.6. The summed E-state index contributed by atoms with van der Waals surface area (Å²) >= 11 is 0. The number of rotatable bonds is 2. The van der Waals surface area contributed by atoms with E-state index in [0.29, 0.717) is 13.0 Å². The smallest absolute Gasteiger partial charge is 0.306 e. The molecule has 1 aromatic heterocycles. The van der Waals surface area contributed by atoms with E-state index >= 15 is 0 Å². The molecule has 1 saturated heterocycles. The molecule has 0 saturated carbocycles. The highest BCUT2D eigenvalue weighted by molar-refractivity contribution is 7.91. The first kappa shape index (κ1) is 12.5. The Morgan fingerprint density at radius 1 is 1.42 bits per heavy atom. The molecule has 0 radical (unpaired) electrons. The van der Waals surface area contributed by atoms with Crippen LogP contribution in [0.2, 0.25) is 0 Å². The Morgan fingerprint density at radius 2 is 2.21 bits per heavy atom. The fourth-order valence-corrected chi connectivity index (χ4v) is 4.57. The summed E-state index contributed by atoms with van der Waals surface area (Å²) < 4.78 is 24.6. The van der Waals surface area contributed by atoms with Gasteiger partial charge < -0.3 is 4.98 Å². The number of hydrogen-bond donors (Lipinski definition) is 1. The molecule has 0 bridgehead atoms. The summed E-state index contributed by atoms with van der Waals surface area (Å²) in [7, 11) is -2.90. The van der Waals surface area contributed by atoms with Crippen LogP contribution in [-0.2, 0) is 16.4 Å². The van der Waals surface area contributed by atoms with Gasteiger partial charge in [0, 0.05) is 6.54 Å². The average molecular weight is 280 g/mol. The van der Waals surface area contributed by atoms with Crippen molar-refractivity contribution in [3.05, 3.63) is 34.2 Å². The van der Waals surface area contributed by atoms with Crippen molar-refractivity contribution in [1.29, 1.82) is 0 Å². The molecule has 1 fully saturated rings. The third-order valence-corrected chi connectivity index (χ3v) is 5.54. The van der Waals surface area contributed by atoms with Crippen LogP contribution in [0.1, 0.15) is 12.0 Å². The monoisotopic (exact) mass is 280 g/mol. The number of sulfone groups is 1. The molecule has 0 spiro atoms. The van der Waals surface area contributed by atoms with Crippen molar-refractivity contribution < 1.29 is 8.42 Å². The van der Waals surface area contributed by atoms with Gasteiger partial charge >= 0.3 is 5.69 Å². The van der Waals surface area contributed by atoms with Crippen LogP contribution in [0.5, 0.6) is 0 Å². The lowest BCUT2D eigenvalue weighted by Gasteiger charge is -2.09. The van der Waals surface area contributed by atoms with Gasteiger partial charge in [-0.2, -0.15) is 0 Å². The number of aryl methyl sites for hydroxylation is 1. The molecule has 2 aromatic rings. The lowest BCUT2D eigenvalue weighted by atomic mass is 10.1. The first-order valence-corrected chi connectivity index (χ1v) is 8.16. The van der Waals surface area contributed by atoms with Crippen molar-refractivity contribution in [1.82, 2.24) is 9.55 Å². The van der Waals surface area contributed by atoms with E-state index in [2.05, 4.69) is 4.98 Å². The van der Waals surface area contributed by atoms with Gasteiger partial charge in [0.25, 0.3) is 0 Å². The molecule has 19 heavy (non-hydrogen) atoms. The van der Waals surface area contributed by atoms with Gasteiger partial charge in [0.2, 0.25) is 0 Å². The van der Waals surface area contributed by atoms with Crippen LogP contribution in [0.15, 0.2) is 23.0 Å². The van der Waals surface area contributed by atoms with E-state index in [1.165, 1.54) is 0 Å². The summed E-state index contributed by atoms with van der Waals surface area (Å²) in [6.07, 6.45) is 0.646. The van der Waals surface area contributed by atoms with Gasteiger partial charge in [-0.05, 0) is 37.0 Å². The number of nitrogens with one attached hydrogen (secondary N) is 1. The van der Waals surface area contributed by atoms with E-state index in [4.69, 9.17) is 0 Å². The van der Waals surface area contributed by atoms with Crippen LogP contribution in [0.3, 0.4) is 0 Å². The molecule has 3 rings (SSSR count). The number of benzene rings is 1. The molecule has 1 aliphatic rings. The molecule has 0 aliphatic carbocycles. The topological polar surface area (TPSA) is 71.9 Å². The SMILES string of the molecule is Cc1ccc2[nH]c(=O)n(CC3CCS(=O)(=O)C3)c2c1. The minimum atomic E-state index is -2.90. The Morgan fingerprint density at radius 3 is 2.89 bits per heavy atom. The van der Waals surface area contributed by atoms with Crippen LogP contribution in [0.4, 0.5) is 0 Å². The number of hydrogen-bond acceptors (Lipinski definition) is 3. The Bertz CT molecular complexity index is 786. The molecule has 102 valence electrons. The Hall–Kier alpha value is -1.56. The van der Waals surface area contributed by atoms with Crippen molar-refractivity contribution in [2.45, 2.75) is 19.9 Å². The second kappa shape index (κ2) is 4.23. The zero-order valence-electron chi connectivity index (χ0n) is 10.7. The third-order valence-electron chi connectivity index (χ3n) is 3.70. The van der Waals surface area contributed by atoms with E-state index in [9.17, 15) is 13.2 Å². The Labute approximate surface area is 111 Å². The summed E-state index contributed by atoms with van der Waals surface area (Å²) in [5.41, 5.74) is 2.58. The van der Waals surface area contributed by atoms with Crippen molar-refractivity contribution in [2.75, 3.05) is 11.5 Å². The first-order valence-electron chi connectivity index (χ1n) is 6.34. The highest BCUT2D eigenvalue weighted by Crippen LogP contribution is 2.21. The van der Waals surface area contributed by atoms with Crippen molar-refractivity contribution in [3.63, 3.8) is 0 Å². The lowest BCUT2D eigenvalue weighted by molar-refractivity contribution is 0.490. The van der Waals surface area contributed by atoms with E-state index < -0.39 is 9.84 Å². The Kier molecular flexibility index (Phi) is 2.78. The molecule has 1 aliphatic heterocycles. The molecule has 6 heteroatoms. The van der Waals surface area contributed by atoms with Crippen LogP contribution >= 0.6 is 0 Å². The van der Waals surface area contributed by atoms with Gasteiger partial charge in [0.05, 0.1) is 22.5 Å². The first-order chi connectivity index (χ1) is 8.94. The van der Waals surface area contributed by atoms with Gasteiger partial charge in [0.15, 0.2) is 9.84 Å². The lowest BCUT2D eigenvalue weighted by Crippen LogP contribution is -2.22. The van der Waals surface area contributed by atoms with Gasteiger partial charge in [-0.3, -0.25) is 4.57 Å². The summed E-state index contributed by atoms with van der Waals surface area (Å²) in [5.74, 6) is 0.480. The summed E-state index contributed by atoms with van der Waals surface area (Å²) in [4.78, 5) is 14.8. The Balaban J connectivity index is 1.99. The van der Waals surface area contributed by atoms with Crippen LogP contribution in [0, 0.1) is 12.8 Å². The zero-order valence-corrected chi connectivity index (χ0v) is 11.5. The van der Waals surface area contributed by atoms with Gasteiger partial charge in [-0.25, -0.2) is 13.2 Å². The summed E-state index contributed by atoms with van der Waals surface area (Å²) in [6, 6.07) is 5.79. The predicted octanol–water partition coefficient (Wildman–Crippen LogP) is 1.07. The molecule has 1 unspecified atom stereocenters. The third kappa shape index (κ3) is 2.32. The van der Waals surface area contributed by atoms with Crippen LogP contribution < -0.4 is 5.69 Å².